The second-order valence-electron chi connectivity index (χ2n) is 8.53. The lowest BCUT2D eigenvalue weighted by Gasteiger charge is -2.32. The molecule has 0 saturated heterocycles. The van der Waals surface area contributed by atoms with Crippen molar-refractivity contribution in [3.05, 3.63) is 83.3 Å². The van der Waals surface area contributed by atoms with Gasteiger partial charge < -0.3 is 25.5 Å². The number of halogens is 3. The normalized spacial score (nSPS) is 15.5. The van der Waals surface area contributed by atoms with Crippen molar-refractivity contribution in [2.24, 2.45) is 10.7 Å². The van der Waals surface area contributed by atoms with E-state index in [4.69, 9.17) is 10.2 Å². The van der Waals surface area contributed by atoms with E-state index in [2.05, 4.69) is 34.2 Å². The van der Waals surface area contributed by atoms with Crippen LogP contribution in [-0.4, -0.2) is 19.2 Å². The van der Waals surface area contributed by atoms with Crippen molar-refractivity contribution < 1.29 is 22.3 Å². The van der Waals surface area contributed by atoms with E-state index in [1.165, 1.54) is 31.4 Å². The standard InChI is InChI=1S/C17H16F3N3O.C6H9NO.C5H12.C2H6/c1-10-6-5-8-12-14(10)22-16(23-15(12)21-2)11-7-3-4-9-13(11)24-17(18,19)20;1-5(7)6-3-2-4-8-6;1-3-5-4-2;1-2/h3-9,16,22H,1-2H3,(H,21,23);2-5H,7H2,1H3;3-5H2,1-2H3;1-2H3. The quantitative estimate of drug-likeness (QED) is 0.298. The molecule has 4 rings (SSSR count). The number of alkyl halides is 3. The molecular formula is C30H43F3N4O2. The minimum atomic E-state index is -4.75. The number of hydrogen-bond acceptors (Lipinski definition) is 5. The number of fused-ring (bicyclic) bond motifs is 1. The maximum atomic E-state index is 12.6. The Hall–Kier alpha value is -3.46. The first-order chi connectivity index (χ1) is 18.6. The van der Waals surface area contributed by atoms with E-state index in [1.54, 1.807) is 25.4 Å². The molecule has 216 valence electrons. The molecule has 4 N–H and O–H groups in total. The molecule has 0 saturated carbocycles. The fraction of sp³-hybridized carbons (Fsp3) is 0.433. The third kappa shape index (κ3) is 11.0. The molecule has 0 spiro atoms. The second kappa shape index (κ2) is 17.2. The van der Waals surface area contributed by atoms with Crippen LogP contribution >= 0.6 is 0 Å². The molecular weight excluding hydrogens is 505 g/mol. The molecule has 3 aromatic rings. The van der Waals surface area contributed by atoms with Crippen molar-refractivity contribution in [1.82, 2.24) is 5.32 Å². The minimum absolute atomic E-state index is 0.0185. The zero-order valence-electron chi connectivity index (χ0n) is 24.0. The molecule has 39 heavy (non-hydrogen) atoms. The summed E-state index contributed by atoms with van der Waals surface area (Å²) in [5, 5.41) is 6.35. The number of nitrogens with one attached hydrogen (secondary N) is 2. The van der Waals surface area contributed by atoms with Crippen LogP contribution in [0, 0.1) is 6.92 Å². The summed E-state index contributed by atoms with van der Waals surface area (Å²) in [4.78, 5) is 4.21. The Kier molecular flexibility index (Phi) is 14.8. The number of furan rings is 1. The molecule has 6 nitrogen and oxygen atoms in total. The van der Waals surface area contributed by atoms with Gasteiger partial charge in [0.1, 0.15) is 23.5 Å². The SMILES string of the molecule is CC.CC(N)c1ccco1.CCCCC.CN=C1NC(c2ccccc2OC(F)(F)F)Nc2c(C)cccc21. The van der Waals surface area contributed by atoms with Crippen molar-refractivity contribution >= 4 is 11.5 Å². The lowest BCUT2D eigenvalue weighted by Crippen LogP contribution is -2.39. The minimum Gasteiger partial charge on any atom is -0.468 e. The highest BCUT2D eigenvalue weighted by molar-refractivity contribution is 6.06. The second-order valence-corrected chi connectivity index (χ2v) is 8.53. The molecule has 2 heterocycles. The van der Waals surface area contributed by atoms with Gasteiger partial charge in [-0.25, -0.2) is 0 Å². The van der Waals surface area contributed by atoms with E-state index < -0.39 is 12.5 Å². The number of anilines is 1. The topological polar surface area (TPSA) is 84.8 Å². The summed E-state index contributed by atoms with van der Waals surface area (Å²) in [5.74, 6) is 1.20. The van der Waals surface area contributed by atoms with Crippen molar-refractivity contribution in [2.75, 3.05) is 12.4 Å². The summed E-state index contributed by atoms with van der Waals surface area (Å²) in [7, 11) is 1.63. The van der Waals surface area contributed by atoms with E-state index in [9.17, 15) is 13.2 Å². The molecule has 1 aromatic heterocycles. The van der Waals surface area contributed by atoms with Crippen LogP contribution in [0.15, 0.2) is 70.3 Å². The molecule has 0 fully saturated rings. The first kappa shape index (κ1) is 33.6. The first-order valence-corrected chi connectivity index (χ1v) is 13.3. The van der Waals surface area contributed by atoms with Gasteiger partial charge in [-0.3, -0.25) is 4.99 Å². The molecule has 2 atom stereocenters. The van der Waals surface area contributed by atoms with Gasteiger partial charge in [-0.1, -0.05) is 77.3 Å². The van der Waals surface area contributed by atoms with Gasteiger partial charge in [-0.15, -0.1) is 13.2 Å². The molecule has 0 radical (unpaired) electrons. The van der Waals surface area contributed by atoms with Crippen LogP contribution in [0.3, 0.4) is 0 Å². The zero-order chi connectivity index (χ0) is 29.4. The molecule has 2 aromatic carbocycles. The number of amidine groups is 1. The van der Waals surface area contributed by atoms with Gasteiger partial charge in [0.25, 0.3) is 0 Å². The number of aliphatic imine (C=N–C) groups is 1. The largest absolute Gasteiger partial charge is 0.573 e. The van der Waals surface area contributed by atoms with Gasteiger partial charge in [0, 0.05) is 23.9 Å². The van der Waals surface area contributed by atoms with E-state index in [1.807, 2.05) is 58.0 Å². The third-order valence-corrected chi connectivity index (χ3v) is 5.48. The van der Waals surface area contributed by atoms with Crippen LogP contribution < -0.4 is 21.1 Å². The number of hydrogen-bond donors (Lipinski definition) is 3. The average Bonchev–Trinajstić information content (AvgIpc) is 3.46. The number of aryl methyl sites for hydroxylation is 1. The van der Waals surface area contributed by atoms with Crippen molar-refractivity contribution in [2.45, 2.75) is 79.4 Å². The predicted octanol–water partition coefficient (Wildman–Crippen LogP) is 8.51. The number of nitrogens with two attached hydrogens (primary N) is 1. The zero-order valence-corrected chi connectivity index (χ0v) is 24.0. The molecule has 1 aliphatic heterocycles. The Morgan fingerprint density at radius 3 is 2.15 bits per heavy atom. The van der Waals surface area contributed by atoms with Gasteiger partial charge >= 0.3 is 6.36 Å². The van der Waals surface area contributed by atoms with Crippen LogP contribution in [0.4, 0.5) is 18.9 Å². The van der Waals surface area contributed by atoms with Gasteiger partial charge in [-0.2, -0.15) is 0 Å². The summed E-state index contributed by atoms with van der Waals surface area (Å²) >= 11 is 0. The number of rotatable bonds is 5. The van der Waals surface area contributed by atoms with E-state index in [0.717, 1.165) is 22.6 Å². The van der Waals surface area contributed by atoms with E-state index in [0.29, 0.717) is 11.4 Å². The van der Waals surface area contributed by atoms with Crippen molar-refractivity contribution in [1.29, 1.82) is 0 Å². The lowest BCUT2D eigenvalue weighted by molar-refractivity contribution is -0.275. The highest BCUT2D eigenvalue weighted by Crippen LogP contribution is 2.35. The van der Waals surface area contributed by atoms with Crippen LogP contribution in [0.25, 0.3) is 0 Å². The molecule has 1 aliphatic rings. The Bertz CT molecular complexity index is 1110. The fourth-order valence-electron chi connectivity index (χ4n) is 3.63. The Balaban J connectivity index is 0.000000417. The molecule has 0 aliphatic carbocycles. The molecule has 2 unspecified atom stereocenters. The van der Waals surface area contributed by atoms with Gasteiger partial charge in [0.15, 0.2) is 0 Å². The first-order valence-electron chi connectivity index (χ1n) is 13.3. The average molecular weight is 549 g/mol. The van der Waals surface area contributed by atoms with Crippen molar-refractivity contribution in [3.63, 3.8) is 0 Å². The van der Waals surface area contributed by atoms with E-state index >= 15 is 0 Å². The van der Waals surface area contributed by atoms with Crippen LogP contribution in [0.1, 0.15) is 88.5 Å². The summed E-state index contributed by atoms with van der Waals surface area (Å²) in [6.07, 6.45) is 0.363. The summed E-state index contributed by atoms with van der Waals surface area (Å²) < 4.78 is 47.1. The smallest absolute Gasteiger partial charge is 0.468 e. The maximum absolute atomic E-state index is 12.6. The van der Waals surface area contributed by atoms with Crippen LogP contribution in [-0.2, 0) is 0 Å². The Morgan fingerprint density at radius 2 is 1.67 bits per heavy atom. The highest BCUT2D eigenvalue weighted by Gasteiger charge is 2.34. The molecule has 0 amide bonds. The highest BCUT2D eigenvalue weighted by atomic mass is 19.4. The molecule has 0 bridgehead atoms. The summed E-state index contributed by atoms with van der Waals surface area (Å²) in [5.41, 5.74) is 8.51. The maximum Gasteiger partial charge on any atom is 0.573 e. The lowest BCUT2D eigenvalue weighted by atomic mass is 10.0. The number of unbranched alkanes of at least 4 members (excludes halogenated alkanes) is 2. The number of benzene rings is 2. The Morgan fingerprint density at radius 1 is 1.00 bits per heavy atom. The Labute approximate surface area is 230 Å². The molecule has 9 heteroatoms. The monoisotopic (exact) mass is 548 g/mol. The number of nitrogens with zero attached hydrogens (tertiary/aromatic N) is 1. The van der Waals surface area contributed by atoms with Gasteiger partial charge in [0.2, 0.25) is 0 Å². The van der Waals surface area contributed by atoms with Gasteiger partial charge in [-0.05, 0) is 43.7 Å². The number of ether oxygens (including phenoxy) is 1. The third-order valence-electron chi connectivity index (χ3n) is 5.48. The summed E-state index contributed by atoms with van der Waals surface area (Å²) in [6, 6.07) is 15.5. The van der Waals surface area contributed by atoms with Gasteiger partial charge in [0.05, 0.1) is 12.3 Å². The fourth-order valence-corrected chi connectivity index (χ4v) is 3.63. The number of para-hydroxylation sites is 2. The van der Waals surface area contributed by atoms with Crippen LogP contribution in [0.5, 0.6) is 5.75 Å². The summed E-state index contributed by atoms with van der Waals surface area (Å²) in [6.45, 7) is 12.2. The predicted molar refractivity (Wildman–Crippen MR) is 154 cm³/mol. The van der Waals surface area contributed by atoms with E-state index in [-0.39, 0.29) is 11.8 Å². The van der Waals surface area contributed by atoms with Crippen LogP contribution in [0.2, 0.25) is 0 Å². The van der Waals surface area contributed by atoms with Crippen molar-refractivity contribution in [3.8, 4) is 5.75 Å².